The van der Waals surface area contributed by atoms with Gasteiger partial charge in [-0.05, 0) is 49.6 Å². The van der Waals surface area contributed by atoms with Crippen LogP contribution in [0.2, 0.25) is 0 Å². The van der Waals surface area contributed by atoms with Crippen molar-refractivity contribution < 1.29 is 14.3 Å². The lowest BCUT2D eigenvalue weighted by molar-refractivity contribution is 0.109. The zero-order valence-electron chi connectivity index (χ0n) is 13.9. The molecule has 1 amide bonds. The zero-order valence-corrected chi connectivity index (χ0v) is 13.9. The molecule has 5 heteroatoms. The Kier molecular flexibility index (Phi) is 4.37. The molecule has 0 aliphatic carbocycles. The molecule has 5 nitrogen and oxygen atoms in total. The molecule has 0 N–H and O–H groups in total. The summed E-state index contributed by atoms with van der Waals surface area (Å²) >= 11 is 0. The van der Waals surface area contributed by atoms with Crippen LogP contribution in [0.15, 0.2) is 18.2 Å². The molecular weight excluding hydrogens is 292 g/mol. The molecule has 0 unspecified atom stereocenters. The minimum absolute atomic E-state index is 0.232. The number of aryl methyl sites for hydroxylation is 1. The minimum atomic E-state index is -0.232. The second kappa shape index (κ2) is 6.44. The lowest BCUT2D eigenvalue weighted by atomic mass is 9.98. The fourth-order valence-electron chi connectivity index (χ4n) is 3.17. The smallest absolute Gasteiger partial charge is 0.409 e. The normalized spacial score (nSPS) is 14.3. The first kappa shape index (κ1) is 15.6. The van der Waals surface area contributed by atoms with Crippen LogP contribution in [0.25, 0.3) is 10.9 Å². The van der Waals surface area contributed by atoms with Crippen molar-refractivity contribution in [2.75, 3.05) is 26.8 Å². The van der Waals surface area contributed by atoms with Gasteiger partial charge in [-0.1, -0.05) is 0 Å². The molecule has 0 saturated carbocycles. The molecule has 1 aromatic heterocycles. The standard InChI is InChI=1S/C18H22N2O3/c1-4-23-18(21)20-9-7-14-12(2)15-11-13(22-3)5-6-16(15)19-17(14)8-10-20/h5-6,11H,4,7-10H2,1-3H3. The van der Waals surface area contributed by atoms with Crippen LogP contribution < -0.4 is 4.74 Å². The molecule has 0 radical (unpaired) electrons. The number of methoxy groups -OCH3 is 1. The van der Waals surface area contributed by atoms with Crippen molar-refractivity contribution in [3.63, 3.8) is 0 Å². The van der Waals surface area contributed by atoms with Crippen molar-refractivity contribution in [3.05, 3.63) is 35.0 Å². The molecule has 1 aromatic carbocycles. The average Bonchev–Trinajstić information content (AvgIpc) is 2.78. The van der Waals surface area contributed by atoms with Crippen LogP contribution in [0.1, 0.15) is 23.7 Å². The highest BCUT2D eigenvalue weighted by Gasteiger charge is 2.22. The van der Waals surface area contributed by atoms with Gasteiger partial charge < -0.3 is 14.4 Å². The lowest BCUT2D eigenvalue weighted by Gasteiger charge is -2.18. The van der Waals surface area contributed by atoms with Crippen molar-refractivity contribution in [1.29, 1.82) is 0 Å². The van der Waals surface area contributed by atoms with Gasteiger partial charge in [-0.2, -0.15) is 0 Å². The van der Waals surface area contributed by atoms with Crippen molar-refractivity contribution >= 4 is 17.0 Å². The number of ether oxygens (including phenoxy) is 2. The van der Waals surface area contributed by atoms with E-state index < -0.39 is 0 Å². The van der Waals surface area contributed by atoms with E-state index in [0.29, 0.717) is 19.7 Å². The Labute approximate surface area is 136 Å². The summed E-state index contributed by atoms with van der Waals surface area (Å²) in [6.45, 7) is 5.69. The second-order valence-electron chi connectivity index (χ2n) is 5.73. The van der Waals surface area contributed by atoms with E-state index in [1.54, 1.807) is 12.0 Å². The molecule has 1 aliphatic rings. The van der Waals surface area contributed by atoms with Gasteiger partial charge in [-0.25, -0.2) is 4.79 Å². The molecule has 1 aliphatic heterocycles. The Morgan fingerprint density at radius 1 is 1.30 bits per heavy atom. The van der Waals surface area contributed by atoms with Gasteiger partial charge in [0.25, 0.3) is 0 Å². The molecule has 2 heterocycles. The number of pyridine rings is 1. The molecule has 23 heavy (non-hydrogen) atoms. The van der Waals surface area contributed by atoms with Gasteiger partial charge in [-0.3, -0.25) is 4.98 Å². The number of fused-ring (bicyclic) bond motifs is 2. The van der Waals surface area contributed by atoms with Crippen molar-refractivity contribution in [2.45, 2.75) is 26.7 Å². The number of rotatable bonds is 2. The summed E-state index contributed by atoms with van der Waals surface area (Å²) in [6.07, 6.45) is 1.33. The second-order valence-corrected chi connectivity index (χ2v) is 5.73. The van der Waals surface area contributed by atoms with Gasteiger partial charge >= 0.3 is 6.09 Å². The lowest BCUT2D eigenvalue weighted by Crippen LogP contribution is -2.33. The number of amides is 1. The summed E-state index contributed by atoms with van der Waals surface area (Å²) in [5.74, 6) is 0.837. The maximum absolute atomic E-state index is 12.0. The van der Waals surface area contributed by atoms with Crippen LogP contribution in [0.3, 0.4) is 0 Å². The Bertz CT molecular complexity index is 743. The third-order valence-corrected chi connectivity index (χ3v) is 4.44. The zero-order chi connectivity index (χ0) is 16.4. The van der Waals surface area contributed by atoms with Crippen LogP contribution in [0.4, 0.5) is 4.79 Å². The highest BCUT2D eigenvalue weighted by Crippen LogP contribution is 2.28. The number of carbonyl (C=O) groups is 1. The van der Waals surface area contributed by atoms with E-state index in [1.807, 2.05) is 25.1 Å². The van der Waals surface area contributed by atoms with Gasteiger partial charge in [-0.15, -0.1) is 0 Å². The van der Waals surface area contributed by atoms with Crippen molar-refractivity contribution in [3.8, 4) is 5.75 Å². The van der Waals surface area contributed by atoms with Gasteiger partial charge in [0.1, 0.15) is 5.75 Å². The maximum atomic E-state index is 12.0. The van der Waals surface area contributed by atoms with Gasteiger partial charge in [0.2, 0.25) is 0 Å². The quantitative estimate of drug-likeness (QED) is 0.854. The molecule has 0 atom stereocenters. The monoisotopic (exact) mass is 314 g/mol. The van der Waals surface area contributed by atoms with E-state index in [0.717, 1.165) is 35.2 Å². The first-order valence-electron chi connectivity index (χ1n) is 8.01. The number of carbonyl (C=O) groups excluding carboxylic acids is 1. The number of nitrogens with zero attached hydrogens (tertiary/aromatic N) is 2. The molecular formula is C18H22N2O3. The molecule has 0 bridgehead atoms. The molecule has 0 fully saturated rings. The Morgan fingerprint density at radius 2 is 2.09 bits per heavy atom. The summed E-state index contributed by atoms with van der Waals surface area (Å²) in [5, 5.41) is 1.12. The van der Waals surface area contributed by atoms with E-state index in [4.69, 9.17) is 14.5 Å². The Balaban J connectivity index is 1.96. The van der Waals surface area contributed by atoms with Crippen LogP contribution in [0, 0.1) is 6.92 Å². The first-order chi connectivity index (χ1) is 11.1. The van der Waals surface area contributed by atoms with Crippen LogP contribution in [0.5, 0.6) is 5.75 Å². The molecule has 3 rings (SSSR count). The number of hydrogen-bond donors (Lipinski definition) is 0. The Hall–Kier alpha value is -2.30. The predicted octanol–water partition coefficient (Wildman–Crippen LogP) is 3.11. The van der Waals surface area contributed by atoms with Gasteiger partial charge in [0.15, 0.2) is 0 Å². The maximum Gasteiger partial charge on any atom is 0.409 e. The summed E-state index contributed by atoms with van der Waals surface area (Å²) < 4.78 is 10.4. The summed E-state index contributed by atoms with van der Waals surface area (Å²) in [6, 6.07) is 5.96. The highest BCUT2D eigenvalue weighted by atomic mass is 16.6. The fourth-order valence-corrected chi connectivity index (χ4v) is 3.17. The predicted molar refractivity (Wildman–Crippen MR) is 89.0 cm³/mol. The van der Waals surface area contributed by atoms with E-state index in [-0.39, 0.29) is 6.09 Å². The molecule has 2 aromatic rings. The third-order valence-electron chi connectivity index (χ3n) is 4.44. The molecule has 0 spiro atoms. The van der Waals surface area contributed by atoms with Crippen molar-refractivity contribution in [2.24, 2.45) is 0 Å². The largest absolute Gasteiger partial charge is 0.497 e. The van der Waals surface area contributed by atoms with Crippen LogP contribution in [-0.2, 0) is 17.6 Å². The van der Waals surface area contributed by atoms with Crippen LogP contribution in [-0.4, -0.2) is 42.8 Å². The highest BCUT2D eigenvalue weighted by molar-refractivity contribution is 5.85. The Morgan fingerprint density at radius 3 is 2.83 bits per heavy atom. The van der Waals surface area contributed by atoms with E-state index in [2.05, 4.69) is 6.92 Å². The third kappa shape index (κ3) is 2.96. The molecule has 0 saturated heterocycles. The number of benzene rings is 1. The van der Waals surface area contributed by atoms with Crippen LogP contribution >= 0.6 is 0 Å². The topological polar surface area (TPSA) is 51.7 Å². The summed E-state index contributed by atoms with van der Waals surface area (Å²) in [7, 11) is 1.67. The average molecular weight is 314 g/mol. The van der Waals surface area contributed by atoms with E-state index >= 15 is 0 Å². The molecule has 122 valence electrons. The first-order valence-corrected chi connectivity index (χ1v) is 8.01. The SMILES string of the molecule is CCOC(=O)N1CCc2nc3ccc(OC)cc3c(C)c2CC1. The minimum Gasteiger partial charge on any atom is -0.497 e. The van der Waals surface area contributed by atoms with E-state index in [1.165, 1.54) is 11.1 Å². The van der Waals surface area contributed by atoms with Gasteiger partial charge in [0.05, 0.1) is 19.2 Å². The summed E-state index contributed by atoms with van der Waals surface area (Å²) in [5.41, 5.74) is 4.55. The van der Waals surface area contributed by atoms with E-state index in [9.17, 15) is 4.79 Å². The fraction of sp³-hybridized carbons (Fsp3) is 0.444. The van der Waals surface area contributed by atoms with Gasteiger partial charge in [0, 0.05) is 30.6 Å². The van der Waals surface area contributed by atoms with Crippen molar-refractivity contribution in [1.82, 2.24) is 9.88 Å². The number of hydrogen-bond acceptors (Lipinski definition) is 4. The number of aromatic nitrogens is 1. The summed E-state index contributed by atoms with van der Waals surface area (Å²) in [4.78, 5) is 18.6.